The first-order chi connectivity index (χ1) is 19.0. The third-order valence-corrected chi connectivity index (χ3v) is 9.67. The number of hydrogen-bond acceptors (Lipinski definition) is 6. The molecule has 9 heteroatoms. The lowest BCUT2D eigenvalue weighted by Gasteiger charge is -2.39. The fraction of sp³-hybridized carbons (Fsp3) is 0.710. The number of carbonyl (C=O) groups is 3. The van der Waals surface area contributed by atoms with Crippen molar-refractivity contribution >= 4 is 23.4 Å². The molecule has 9 atom stereocenters. The summed E-state index contributed by atoms with van der Waals surface area (Å²) in [5.41, 5.74) is -1.47. The summed E-state index contributed by atoms with van der Waals surface area (Å²) >= 11 is 0. The van der Waals surface area contributed by atoms with E-state index in [4.69, 9.17) is 9.47 Å². The van der Waals surface area contributed by atoms with Gasteiger partial charge in [0.15, 0.2) is 0 Å². The predicted molar refractivity (Wildman–Crippen MR) is 153 cm³/mol. The summed E-state index contributed by atoms with van der Waals surface area (Å²) in [6.07, 6.45) is 2.93. The maximum absolute atomic E-state index is 14.4. The van der Waals surface area contributed by atoms with Gasteiger partial charge in [-0.15, -0.1) is 0 Å². The molecule has 3 amide bonds. The van der Waals surface area contributed by atoms with Gasteiger partial charge in [0.05, 0.1) is 36.7 Å². The number of aliphatic hydroxyl groups excluding tert-OH is 1. The maximum Gasteiger partial charge on any atom is 0.246 e. The Labute approximate surface area is 238 Å². The minimum Gasteiger partial charge on any atom is -0.494 e. The smallest absolute Gasteiger partial charge is 0.246 e. The van der Waals surface area contributed by atoms with Gasteiger partial charge >= 0.3 is 0 Å². The van der Waals surface area contributed by atoms with E-state index < -0.39 is 35.1 Å². The van der Waals surface area contributed by atoms with Crippen molar-refractivity contribution in [1.29, 1.82) is 0 Å². The van der Waals surface area contributed by atoms with Gasteiger partial charge in [-0.05, 0) is 69.7 Å². The first-order valence-corrected chi connectivity index (χ1v) is 15.0. The highest BCUT2D eigenvalue weighted by Gasteiger charge is 2.80. The average molecular weight is 558 g/mol. The third kappa shape index (κ3) is 4.89. The second kappa shape index (κ2) is 11.7. The van der Waals surface area contributed by atoms with Crippen LogP contribution in [-0.2, 0) is 19.1 Å². The number of anilines is 1. The summed E-state index contributed by atoms with van der Waals surface area (Å²) in [4.78, 5) is 44.0. The molecule has 3 saturated heterocycles. The van der Waals surface area contributed by atoms with E-state index in [-0.39, 0.29) is 42.2 Å². The molecule has 1 aromatic rings. The Bertz CT molecular complexity index is 1100. The van der Waals surface area contributed by atoms with Crippen LogP contribution in [0.5, 0.6) is 5.75 Å². The van der Waals surface area contributed by atoms with Crippen molar-refractivity contribution in [2.45, 2.75) is 103 Å². The van der Waals surface area contributed by atoms with E-state index in [0.717, 1.165) is 19.3 Å². The van der Waals surface area contributed by atoms with E-state index in [0.29, 0.717) is 24.5 Å². The fourth-order valence-corrected chi connectivity index (χ4v) is 7.40. The molecule has 4 rings (SSSR count). The van der Waals surface area contributed by atoms with Crippen molar-refractivity contribution < 1.29 is 29.0 Å². The molecule has 9 nitrogen and oxygen atoms in total. The molecule has 0 aromatic heterocycles. The zero-order valence-electron chi connectivity index (χ0n) is 25.0. The van der Waals surface area contributed by atoms with E-state index in [9.17, 15) is 19.5 Å². The van der Waals surface area contributed by atoms with Gasteiger partial charge in [0.25, 0.3) is 0 Å². The lowest BCUT2D eigenvalue weighted by Crippen LogP contribution is -2.60. The molecule has 40 heavy (non-hydrogen) atoms. The molecule has 0 saturated carbocycles. The Kier molecular flexibility index (Phi) is 8.85. The van der Waals surface area contributed by atoms with Gasteiger partial charge in [0.2, 0.25) is 17.7 Å². The number of benzene rings is 1. The minimum atomic E-state index is -1.15. The topological polar surface area (TPSA) is 117 Å². The standard InChI is InChI=1S/C31H47N3O6/c1-8-11-20(6)32-28(37)26-31-16-19(5)30(7,40-31)24(25(31)29(38)34(26)23(17-35)18(4)9-2)27(36)33-21-12-14-22(15-13-21)39-10-3/h12-15,18-20,23-26,35H,8-11,16-17H2,1-7H3,(H,32,37)(H,33,36)/t18-,19?,20?,23-,24+,25-,26?,30-,31?/m0/s1. The molecule has 3 aliphatic rings. The molecule has 0 aliphatic carbocycles. The quantitative estimate of drug-likeness (QED) is 0.360. The summed E-state index contributed by atoms with van der Waals surface area (Å²) in [6, 6.07) is 5.57. The first kappa shape index (κ1) is 30.3. The zero-order chi connectivity index (χ0) is 29.4. The number of rotatable bonds is 12. The van der Waals surface area contributed by atoms with Crippen LogP contribution in [0.3, 0.4) is 0 Å². The van der Waals surface area contributed by atoms with Gasteiger partial charge in [-0.2, -0.15) is 0 Å². The van der Waals surface area contributed by atoms with Gasteiger partial charge in [-0.3, -0.25) is 14.4 Å². The normalized spacial score (nSPS) is 32.9. The van der Waals surface area contributed by atoms with Gasteiger partial charge < -0.3 is 30.1 Å². The monoisotopic (exact) mass is 557 g/mol. The molecule has 1 spiro atoms. The Morgan fingerprint density at radius 2 is 1.85 bits per heavy atom. The highest BCUT2D eigenvalue weighted by molar-refractivity contribution is 6.02. The molecule has 2 bridgehead atoms. The Hall–Kier alpha value is -2.65. The van der Waals surface area contributed by atoms with Crippen LogP contribution in [0.15, 0.2) is 24.3 Å². The van der Waals surface area contributed by atoms with Crippen LogP contribution in [0, 0.1) is 23.7 Å². The van der Waals surface area contributed by atoms with Crippen LogP contribution in [0.4, 0.5) is 5.69 Å². The zero-order valence-corrected chi connectivity index (χ0v) is 25.0. The van der Waals surface area contributed by atoms with Gasteiger partial charge in [0.1, 0.15) is 17.4 Å². The van der Waals surface area contributed by atoms with Crippen LogP contribution >= 0.6 is 0 Å². The van der Waals surface area contributed by atoms with Crippen LogP contribution in [0.25, 0.3) is 0 Å². The molecule has 3 heterocycles. The Morgan fingerprint density at radius 3 is 2.42 bits per heavy atom. The molecular formula is C31H47N3O6. The van der Waals surface area contributed by atoms with Crippen LogP contribution in [0.1, 0.15) is 74.1 Å². The Morgan fingerprint density at radius 1 is 1.18 bits per heavy atom. The van der Waals surface area contributed by atoms with E-state index in [2.05, 4.69) is 17.6 Å². The number of hydrogen-bond donors (Lipinski definition) is 3. The second-order valence-corrected chi connectivity index (χ2v) is 12.2. The van der Waals surface area contributed by atoms with Crippen LogP contribution < -0.4 is 15.4 Å². The summed E-state index contributed by atoms with van der Waals surface area (Å²) in [5, 5.41) is 16.6. The minimum absolute atomic E-state index is 0.0473. The summed E-state index contributed by atoms with van der Waals surface area (Å²) in [5.74, 6) is -1.89. The SMILES string of the molecule is CCCC(C)NC(=O)C1N([C@@H](CO)[C@@H](C)CC)C(=O)[C@@H]2[C@H](C(=O)Nc3ccc(OCC)cc3)[C@@]3(C)OC12CC3C. The number of nitrogens with one attached hydrogen (secondary N) is 2. The van der Waals surface area contributed by atoms with Crippen LogP contribution in [-0.4, -0.2) is 70.3 Å². The Balaban J connectivity index is 1.74. The molecule has 222 valence electrons. The number of ether oxygens (including phenoxy) is 2. The molecule has 4 unspecified atom stereocenters. The molecule has 3 N–H and O–H groups in total. The number of likely N-dealkylation sites (tertiary alicyclic amines) is 1. The lowest BCUT2D eigenvalue weighted by molar-refractivity contribution is -0.151. The number of amides is 3. The number of carbonyl (C=O) groups excluding carboxylic acids is 3. The highest BCUT2D eigenvalue weighted by Crippen LogP contribution is 2.65. The van der Waals surface area contributed by atoms with Crippen LogP contribution in [0.2, 0.25) is 0 Å². The van der Waals surface area contributed by atoms with E-state index in [1.807, 2.05) is 41.5 Å². The van der Waals surface area contributed by atoms with E-state index in [1.54, 1.807) is 29.2 Å². The third-order valence-electron chi connectivity index (χ3n) is 9.67. The van der Waals surface area contributed by atoms with Gasteiger partial charge in [-0.1, -0.05) is 40.5 Å². The van der Waals surface area contributed by atoms with Gasteiger partial charge in [0, 0.05) is 11.7 Å². The number of aliphatic hydroxyl groups is 1. The van der Waals surface area contributed by atoms with Crippen molar-refractivity contribution in [2.24, 2.45) is 23.7 Å². The number of fused-ring (bicyclic) bond motifs is 1. The summed E-state index contributed by atoms with van der Waals surface area (Å²) in [6.45, 7) is 14.1. The molecular weight excluding hydrogens is 510 g/mol. The number of nitrogens with zero attached hydrogens (tertiary/aromatic N) is 1. The van der Waals surface area contributed by atoms with Crippen molar-refractivity contribution in [2.75, 3.05) is 18.5 Å². The highest BCUT2D eigenvalue weighted by atomic mass is 16.5. The first-order valence-electron chi connectivity index (χ1n) is 15.0. The fourth-order valence-electron chi connectivity index (χ4n) is 7.40. The summed E-state index contributed by atoms with van der Waals surface area (Å²) < 4.78 is 12.3. The molecule has 0 radical (unpaired) electrons. The van der Waals surface area contributed by atoms with Crippen molar-refractivity contribution in [3.05, 3.63) is 24.3 Å². The molecule has 1 aromatic carbocycles. The molecule has 3 fully saturated rings. The van der Waals surface area contributed by atoms with Crippen molar-refractivity contribution in [3.8, 4) is 5.75 Å². The second-order valence-electron chi connectivity index (χ2n) is 12.2. The lowest BCUT2D eigenvalue weighted by atomic mass is 9.62. The summed E-state index contributed by atoms with van der Waals surface area (Å²) in [7, 11) is 0. The molecule has 3 aliphatic heterocycles. The maximum atomic E-state index is 14.4. The predicted octanol–water partition coefficient (Wildman–Crippen LogP) is 3.75. The largest absolute Gasteiger partial charge is 0.494 e. The van der Waals surface area contributed by atoms with Crippen molar-refractivity contribution in [1.82, 2.24) is 10.2 Å². The van der Waals surface area contributed by atoms with Gasteiger partial charge in [-0.25, -0.2) is 0 Å². The van der Waals surface area contributed by atoms with Crippen molar-refractivity contribution in [3.63, 3.8) is 0 Å². The van der Waals surface area contributed by atoms with E-state index >= 15 is 0 Å². The van der Waals surface area contributed by atoms with E-state index in [1.165, 1.54) is 0 Å². The average Bonchev–Trinajstić information content (AvgIpc) is 3.42.